The van der Waals surface area contributed by atoms with Crippen LogP contribution in [0.15, 0.2) is 12.1 Å². The third-order valence-electron chi connectivity index (χ3n) is 2.84. The number of piperidine rings is 1. The van der Waals surface area contributed by atoms with Gasteiger partial charge in [0.1, 0.15) is 11.8 Å². The first kappa shape index (κ1) is 14.0. The van der Waals surface area contributed by atoms with Crippen LogP contribution in [0.25, 0.3) is 0 Å². The minimum absolute atomic E-state index is 0.148. The molecule has 0 spiro atoms. The Kier molecular flexibility index (Phi) is 4.17. The number of carbonyl (C=O) groups excluding carboxylic acids is 2. The Hall–Kier alpha value is -1.46. The number of anilines is 1. The minimum atomic E-state index is -0.588. The maximum Gasteiger partial charge on any atom is 0.247 e. The normalized spacial score (nSPS) is 18.8. The number of benzene rings is 1. The van der Waals surface area contributed by atoms with E-state index >= 15 is 0 Å². The van der Waals surface area contributed by atoms with Gasteiger partial charge in [-0.05, 0) is 18.9 Å². The molecule has 1 aromatic carbocycles. The second-order valence-electron chi connectivity index (χ2n) is 4.29. The summed E-state index contributed by atoms with van der Waals surface area (Å²) in [5.41, 5.74) is 0.166. The predicted molar refractivity (Wildman–Crippen MR) is 72.5 cm³/mol. The Morgan fingerprint density at radius 2 is 2.05 bits per heavy atom. The average Bonchev–Trinajstić information content (AvgIpc) is 2.36. The van der Waals surface area contributed by atoms with E-state index in [4.69, 9.17) is 23.2 Å². The van der Waals surface area contributed by atoms with Crippen molar-refractivity contribution in [3.8, 4) is 5.75 Å². The molecule has 0 aromatic heterocycles. The number of amides is 2. The van der Waals surface area contributed by atoms with Crippen LogP contribution < -0.4 is 10.6 Å². The van der Waals surface area contributed by atoms with Crippen molar-refractivity contribution in [3.05, 3.63) is 22.2 Å². The molecule has 1 fully saturated rings. The Morgan fingerprint density at radius 1 is 1.37 bits per heavy atom. The van der Waals surface area contributed by atoms with E-state index in [2.05, 4.69) is 10.6 Å². The molecule has 1 saturated heterocycles. The Morgan fingerprint density at radius 3 is 2.74 bits per heavy atom. The van der Waals surface area contributed by atoms with Gasteiger partial charge in [-0.3, -0.25) is 9.59 Å². The van der Waals surface area contributed by atoms with Gasteiger partial charge in [0.05, 0.1) is 15.7 Å². The summed E-state index contributed by atoms with van der Waals surface area (Å²) in [6.45, 7) is 0. The van der Waals surface area contributed by atoms with Gasteiger partial charge in [-0.25, -0.2) is 0 Å². The molecule has 3 N–H and O–H groups in total. The molecule has 1 aliphatic heterocycles. The number of hydrogen-bond acceptors (Lipinski definition) is 3. The number of hydrogen-bond donors (Lipinski definition) is 3. The Balaban J connectivity index is 2.10. The van der Waals surface area contributed by atoms with Gasteiger partial charge in [0.2, 0.25) is 11.8 Å². The summed E-state index contributed by atoms with van der Waals surface area (Å²) in [4.78, 5) is 23.2. The maximum atomic E-state index is 11.9. The highest BCUT2D eigenvalue weighted by Gasteiger charge is 2.25. The molecule has 19 heavy (non-hydrogen) atoms. The van der Waals surface area contributed by atoms with Gasteiger partial charge < -0.3 is 15.7 Å². The topological polar surface area (TPSA) is 78.4 Å². The SMILES string of the molecule is O=C1CCCC(C(=O)Nc2cc(Cl)c(Cl)cc2O)N1. The van der Waals surface area contributed by atoms with Crippen molar-refractivity contribution in [2.24, 2.45) is 0 Å². The number of phenols is 1. The van der Waals surface area contributed by atoms with E-state index in [0.29, 0.717) is 19.3 Å². The molecule has 2 amide bonds. The fourth-order valence-corrected chi connectivity index (χ4v) is 2.18. The first-order chi connectivity index (χ1) is 8.97. The van der Waals surface area contributed by atoms with E-state index in [1.165, 1.54) is 12.1 Å². The molecule has 102 valence electrons. The summed E-state index contributed by atoms with van der Waals surface area (Å²) >= 11 is 11.5. The monoisotopic (exact) mass is 302 g/mol. The number of nitrogens with one attached hydrogen (secondary N) is 2. The van der Waals surface area contributed by atoms with Gasteiger partial charge in [0.25, 0.3) is 0 Å². The van der Waals surface area contributed by atoms with Gasteiger partial charge in [0, 0.05) is 12.5 Å². The van der Waals surface area contributed by atoms with Crippen molar-refractivity contribution in [2.45, 2.75) is 25.3 Å². The largest absolute Gasteiger partial charge is 0.506 e. The van der Waals surface area contributed by atoms with Crippen molar-refractivity contribution < 1.29 is 14.7 Å². The molecule has 1 aromatic rings. The Labute approximate surface area is 119 Å². The van der Waals surface area contributed by atoms with Gasteiger partial charge in [0.15, 0.2) is 0 Å². The van der Waals surface area contributed by atoms with Crippen LogP contribution in [-0.2, 0) is 9.59 Å². The van der Waals surface area contributed by atoms with Crippen molar-refractivity contribution in [1.29, 1.82) is 0 Å². The Bertz CT molecular complexity index is 534. The molecular weight excluding hydrogens is 291 g/mol. The molecular formula is C12H12Cl2N2O3. The van der Waals surface area contributed by atoms with E-state index in [1.807, 2.05) is 0 Å². The number of carbonyl (C=O) groups is 2. The molecule has 0 radical (unpaired) electrons. The van der Waals surface area contributed by atoms with Gasteiger partial charge in [-0.15, -0.1) is 0 Å². The average molecular weight is 303 g/mol. The molecule has 5 nitrogen and oxygen atoms in total. The zero-order valence-corrected chi connectivity index (χ0v) is 11.4. The van der Waals surface area contributed by atoms with E-state index in [-0.39, 0.29) is 33.3 Å². The molecule has 7 heteroatoms. The summed E-state index contributed by atoms with van der Waals surface area (Å²) in [6.07, 6.45) is 1.67. The standard InChI is InChI=1S/C12H12Cl2N2O3/c13-6-4-9(10(17)5-7(6)14)16-12(19)8-2-1-3-11(18)15-8/h4-5,8,17H,1-3H2,(H,15,18)(H,16,19). The highest BCUT2D eigenvalue weighted by atomic mass is 35.5. The first-order valence-corrected chi connectivity index (χ1v) is 6.51. The van der Waals surface area contributed by atoms with Crippen LogP contribution in [0.2, 0.25) is 10.0 Å². The van der Waals surface area contributed by atoms with Crippen LogP contribution in [0, 0.1) is 0 Å². The van der Waals surface area contributed by atoms with Crippen LogP contribution in [0.1, 0.15) is 19.3 Å². The highest BCUT2D eigenvalue weighted by Crippen LogP contribution is 2.33. The number of rotatable bonds is 2. The lowest BCUT2D eigenvalue weighted by Gasteiger charge is -2.22. The van der Waals surface area contributed by atoms with E-state index < -0.39 is 6.04 Å². The van der Waals surface area contributed by atoms with E-state index in [9.17, 15) is 14.7 Å². The fourth-order valence-electron chi connectivity index (χ4n) is 1.86. The molecule has 0 bridgehead atoms. The molecule has 1 heterocycles. The third kappa shape index (κ3) is 3.30. The van der Waals surface area contributed by atoms with Crippen LogP contribution in [-0.4, -0.2) is 23.0 Å². The van der Waals surface area contributed by atoms with E-state index in [0.717, 1.165) is 0 Å². The molecule has 2 rings (SSSR count). The smallest absolute Gasteiger partial charge is 0.247 e. The zero-order valence-electron chi connectivity index (χ0n) is 9.87. The van der Waals surface area contributed by atoms with Crippen LogP contribution in [0.3, 0.4) is 0 Å². The lowest BCUT2D eigenvalue weighted by Crippen LogP contribution is -2.46. The first-order valence-electron chi connectivity index (χ1n) is 5.75. The lowest BCUT2D eigenvalue weighted by atomic mass is 10.0. The van der Waals surface area contributed by atoms with Crippen molar-refractivity contribution >= 4 is 40.7 Å². The summed E-state index contributed by atoms with van der Waals surface area (Å²) in [6, 6.07) is 2.02. The molecule has 0 aliphatic carbocycles. The maximum absolute atomic E-state index is 11.9. The lowest BCUT2D eigenvalue weighted by molar-refractivity contribution is -0.128. The van der Waals surface area contributed by atoms with Gasteiger partial charge >= 0.3 is 0 Å². The van der Waals surface area contributed by atoms with Crippen molar-refractivity contribution in [2.75, 3.05) is 5.32 Å². The summed E-state index contributed by atoms with van der Waals surface area (Å²) in [5.74, 6) is -0.712. The summed E-state index contributed by atoms with van der Waals surface area (Å²) < 4.78 is 0. The second kappa shape index (κ2) is 5.67. The van der Waals surface area contributed by atoms with Crippen molar-refractivity contribution in [3.63, 3.8) is 0 Å². The predicted octanol–water partition coefficient (Wildman–Crippen LogP) is 2.31. The van der Waals surface area contributed by atoms with Crippen LogP contribution in [0.5, 0.6) is 5.75 Å². The van der Waals surface area contributed by atoms with E-state index in [1.54, 1.807) is 0 Å². The molecule has 0 saturated carbocycles. The van der Waals surface area contributed by atoms with Gasteiger partial charge in [-0.2, -0.15) is 0 Å². The number of halogens is 2. The number of phenolic OH excluding ortho intramolecular Hbond substituents is 1. The van der Waals surface area contributed by atoms with Crippen LogP contribution in [0.4, 0.5) is 5.69 Å². The second-order valence-corrected chi connectivity index (χ2v) is 5.10. The zero-order chi connectivity index (χ0) is 14.0. The van der Waals surface area contributed by atoms with Gasteiger partial charge in [-0.1, -0.05) is 23.2 Å². The van der Waals surface area contributed by atoms with Crippen molar-refractivity contribution in [1.82, 2.24) is 5.32 Å². The minimum Gasteiger partial charge on any atom is -0.506 e. The highest BCUT2D eigenvalue weighted by molar-refractivity contribution is 6.42. The van der Waals surface area contributed by atoms with Crippen LogP contribution >= 0.6 is 23.2 Å². The third-order valence-corrected chi connectivity index (χ3v) is 3.57. The fraction of sp³-hybridized carbons (Fsp3) is 0.333. The summed E-state index contributed by atoms with van der Waals surface area (Å²) in [7, 11) is 0. The summed E-state index contributed by atoms with van der Waals surface area (Å²) in [5, 5.41) is 15.2. The molecule has 1 atom stereocenters. The number of aromatic hydroxyl groups is 1. The molecule has 1 unspecified atom stereocenters. The quantitative estimate of drug-likeness (QED) is 0.734. The molecule has 1 aliphatic rings.